The molecule has 0 saturated heterocycles. The summed E-state index contributed by atoms with van der Waals surface area (Å²) in [7, 11) is -3.71. The van der Waals surface area contributed by atoms with Gasteiger partial charge in [0.05, 0.1) is 18.8 Å². The van der Waals surface area contributed by atoms with Gasteiger partial charge < -0.3 is 9.84 Å². The summed E-state index contributed by atoms with van der Waals surface area (Å²) in [5.41, 5.74) is 0.477. The summed E-state index contributed by atoms with van der Waals surface area (Å²) in [5.74, 6) is -2.11. The maximum absolute atomic E-state index is 11.7. The number of aromatic carboxylic acids is 1. The quantitative estimate of drug-likeness (QED) is 0.736. The van der Waals surface area contributed by atoms with Gasteiger partial charge in [0.1, 0.15) is 9.88 Å². The van der Waals surface area contributed by atoms with Crippen molar-refractivity contribution >= 4 is 38.3 Å². The molecule has 0 aromatic carbocycles. The molecule has 0 aliphatic rings. The van der Waals surface area contributed by atoms with Gasteiger partial charge in [0.15, 0.2) is 0 Å². The third kappa shape index (κ3) is 4.82. The molecule has 9 heteroatoms. The van der Waals surface area contributed by atoms with E-state index in [0.717, 1.165) is 11.3 Å². The minimum atomic E-state index is -3.71. The summed E-state index contributed by atoms with van der Waals surface area (Å²) < 4.78 is 30.4. The number of nitrogens with one attached hydrogen (secondary N) is 1. The molecule has 7 nitrogen and oxygen atoms in total. The van der Waals surface area contributed by atoms with Crippen molar-refractivity contribution in [3.63, 3.8) is 0 Å². The number of carbonyl (C=O) groups is 2. The number of carboxylic acids is 1. The van der Waals surface area contributed by atoms with Gasteiger partial charge in [-0.25, -0.2) is 13.2 Å². The van der Waals surface area contributed by atoms with Gasteiger partial charge in [-0.05, 0) is 25.5 Å². The molecule has 1 aromatic heterocycles. The maximum atomic E-state index is 11.7. The molecule has 1 heterocycles. The fourth-order valence-corrected chi connectivity index (χ4v) is 3.61. The van der Waals surface area contributed by atoms with E-state index in [1.807, 2.05) is 0 Å². The van der Waals surface area contributed by atoms with E-state index in [4.69, 9.17) is 5.11 Å². The number of carbonyl (C=O) groups excluding carboxylic acids is 1. The standard InChI is InChI=1S/C11H15NO6S2/c1-3-18-9(13)4-5-20(16,17)12-8-6-7(2)10(19-8)11(14)15/h6,12H,3-5H2,1-2H3,(H,14,15). The van der Waals surface area contributed by atoms with Crippen molar-refractivity contribution < 1.29 is 27.9 Å². The van der Waals surface area contributed by atoms with Crippen LogP contribution in [0.25, 0.3) is 0 Å². The summed E-state index contributed by atoms with van der Waals surface area (Å²) in [5, 5.41) is 9.10. The smallest absolute Gasteiger partial charge is 0.346 e. The fourth-order valence-electron chi connectivity index (χ4n) is 1.40. The fraction of sp³-hybridized carbons (Fsp3) is 0.455. The normalized spacial score (nSPS) is 11.1. The van der Waals surface area contributed by atoms with Crippen LogP contribution < -0.4 is 4.72 Å². The lowest BCUT2D eigenvalue weighted by Crippen LogP contribution is -2.19. The SMILES string of the molecule is CCOC(=O)CCS(=O)(=O)Nc1cc(C)c(C(=O)O)s1. The Kier molecular flexibility index (Phi) is 5.52. The zero-order valence-corrected chi connectivity index (χ0v) is 12.6. The van der Waals surface area contributed by atoms with Crippen LogP contribution in [-0.2, 0) is 19.6 Å². The molecule has 0 aliphatic heterocycles. The zero-order chi connectivity index (χ0) is 15.3. The largest absolute Gasteiger partial charge is 0.477 e. The van der Waals surface area contributed by atoms with Gasteiger partial charge in [-0.1, -0.05) is 0 Å². The van der Waals surface area contributed by atoms with Gasteiger partial charge in [0.2, 0.25) is 10.0 Å². The van der Waals surface area contributed by atoms with Crippen LogP contribution in [0.4, 0.5) is 5.00 Å². The molecular formula is C11H15NO6S2. The van der Waals surface area contributed by atoms with Gasteiger partial charge in [-0.3, -0.25) is 9.52 Å². The Balaban J connectivity index is 2.69. The minimum Gasteiger partial charge on any atom is -0.477 e. The number of thiophene rings is 1. The zero-order valence-electron chi connectivity index (χ0n) is 11.0. The summed E-state index contributed by atoms with van der Waals surface area (Å²) in [4.78, 5) is 22.0. The lowest BCUT2D eigenvalue weighted by atomic mass is 10.3. The second kappa shape index (κ2) is 6.71. The van der Waals surface area contributed by atoms with Crippen molar-refractivity contribution in [3.8, 4) is 0 Å². The molecule has 0 spiro atoms. The third-order valence-electron chi connectivity index (χ3n) is 2.25. The van der Waals surface area contributed by atoms with Crippen molar-refractivity contribution in [1.29, 1.82) is 0 Å². The van der Waals surface area contributed by atoms with Gasteiger partial charge >= 0.3 is 11.9 Å². The molecule has 0 unspecified atom stereocenters. The Morgan fingerprint density at radius 2 is 2.10 bits per heavy atom. The monoisotopic (exact) mass is 321 g/mol. The van der Waals surface area contributed by atoms with E-state index in [1.165, 1.54) is 6.07 Å². The van der Waals surface area contributed by atoms with Gasteiger partial charge in [0.25, 0.3) is 0 Å². The van der Waals surface area contributed by atoms with Crippen LogP contribution in [-0.4, -0.2) is 37.8 Å². The molecule has 0 fully saturated rings. The van der Waals surface area contributed by atoms with Crippen molar-refractivity contribution in [2.24, 2.45) is 0 Å². The lowest BCUT2D eigenvalue weighted by molar-refractivity contribution is -0.142. The Labute approximate surface area is 120 Å². The molecule has 1 rings (SSSR count). The number of carboxylic acid groups (broad SMARTS) is 1. The van der Waals surface area contributed by atoms with E-state index in [2.05, 4.69) is 9.46 Å². The van der Waals surface area contributed by atoms with Gasteiger partial charge in [-0.15, -0.1) is 11.3 Å². The van der Waals surface area contributed by atoms with E-state index in [9.17, 15) is 18.0 Å². The summed E-state index contributed by atoms with van der Waals surface area (Å²) in [6.45, 7) is 3.40. The molecule has 2 N–H and O–H groups in total. The summed E-state index contributed by atoms with van der Waals surface area (Å²) in [6, 6.07) is 1.44. The molecule has 20 heavy (non-hydrogen) atoms. The average molecular weight is 321 g/mol. The minimum absolute atomic E-state index is 0.0769. The first kappa shape index (κ1) is 16.4. The van der Waals surface area contributed by atoms with Crippen LogP contribution in [0.15, 0.2) is 6.07 Å². The molecule has 0 saturated carbocycles. The Hall–Kier alpha value is -1.61. The van der Waals surface area contributed by atoms with Gasteiger partial charge in [-0.2, -0.15) is 0 Å². The van der Waals surface area contributed by atoms with Crippen molar-refractivity contribution in [3.05, 3.63) is 16.5 Å². The topological polar surface area (TPSA) is 110 Å². The second-order valence-corrected chi connectivity index (χ2v) is 6.80. The van der Waals surface area contributed by atoms with Crippen molar-refractivity contribution in [1.82, 2.24) is 0 Å². The van der Waals surface area contributed by atoms with E-state index in [0.29, 0.717) is 5.56 Å². The Bertz CT molecular complexity index is 604. The maximum Gasteiger partial charge on any atom is 0.346 e. The Morgan fingerprint density at radius 1 is 1.45 bits per heavy atom. The van der Waals surface area contributed by atoms with Crippen LogP contribution in [0.5, 0.6) is 0 Å². The lowest BCUT2D eigenvalue weighted by Gasteiger charge is -2.05. The van der Waals surface area contributed by atoms with Crippen molar-refractivity contribution in [2.75, 3.05) is 17.1 Å². The van der Waals surface area contributed by atoms with E-state index in [1.54, 1.807) is 13.8 Å². The van der Waals surface area contributed by atoms with Crippen LogP contribution in [0.3, 0.4) is 0 Å². The number of esters is 1. The molecule has 112 valence electrons. The molecule has 0 aliphatic carbocycles. The van der Waals surface area contributed by atoms with Crippen LogP contribution >= 0.6 is 11.3 Å². The number of ether oxygens (including phenoxy) is 1. The van der Waals surface area contributed by atoms with Crippen LogP contribution in [0, 0.1) is 6.92 Å². The number of hydrogen-bond acceptors (Lipinski definition) is 6. The molecule has 0 amide bonds. The van der Waals surface area contributed by atoms with Crippen molar-refractivity contribution in [2.45, 2.75) is 20.3 Å². The van der Waals surface area contributed by atoms with E-state index in [-0.39, 0.29) is 22.9 Å². The highest BCUT2D eigenvalue weighted by molar-refractivity contribution is 7.92. The predicted molar refractivity (Wildman–Crippen MR) is 74.7 cm³/mol. The summed E-state index contributed by atoms with van der Waals surface area (Å²) in [6.07, 6.45) is -0.251. The average Bonchev–Trinajstić information content (AvgIpc) is 2.67. The molecule has 0 bridgehead atoms. The highest BCUT2D eigenvalue weighted by Crippen LogP contribution is 2.27. The second-order valence-electron chi connectivity index (χ2n) is 3.90. The predicted octanol–water partition coefficient (Wildman–Crippen LogP) is 1.45. The number of rotatable bonds is 7. The first-order chi connectivity index (χ1) is 9.25. The Morgan fingerprint density at radius 3 is 2.60 bits per heavy atom. The first-order valence-corrected chi connectivity index (χ1v) is 8.22. The molecule has 1 aromatic rings. The number of sulfonamides is 1. The molecule has 0 atom stereocenters. The van der Waals surface area contributed by atoms with Crippen LogP contribution in [0.2, 0.25) is 0 Å². The van der Waals surface area contributed by atoms with E-state index >= 15 is 0 Å². The summed E-state index contributed by atoms with van der Waals surface area (Å²) >= 11 is 0.833. The number of hydrogen-bond donors (Lipinski definition) is 2. The molecule has 0 radical (unpaired) electrons. The highest BCUT2D eigenvalue weighted by atomic mass is 32.2. The number of anilines is 1. The van der Waals surface area contributed by atoms with E-state index < -0.39 is 27.7 Å². The highest BCUT2D eigenvalue weighted by Gasteiger charge is 2.18. The number of aryl methyl sites for hydroxylation is 1. The first-order valence-electron chi connectivity index (χ1n) is 5.75. The molecular weight excluding hydrogens is 306 g/mol. The van der Waals surface area contributed by atoms with Gasteiger partial charge in [0, 0.05) is 0 Å². The van der Waals surface area contributed by atoms with Crippen LogP contribution in [0.1, 0.15) is 28.6 Å². The third-order valence-corrected chi connectivity index (χ3v) is 4.79.